The van der Waals surface area contributed by atoms with E-state index in [-0.39, 0.29) is 17.5 Å². The van der Waals surface area contributed by atoms with E-state index in [0.29, 0.717) is 6.42 Å². The number of fused-ring (bicyclic) bond motifs is 3. The van der Waals surface area contributed by atoms with Crippen molar-refractivity contribution in [3.63, 3.8) is 0 Å². The van der Waals surface area contributed by atoms with Gasteiger partial charge < -0.3 is 9.84 Å². The highest BCUT2D eigenvalue weighted by Crippen LogP contribution is 2.49. The van der Waals surface area contributed by atoms with Crippen molar-refractivity contribution in [2.75, 3.05) is 0 Å². The summed E-state index contributed by atoms with van der Waals surface area (Å²) in [5.74, 6) is 1.75. The van der Waals surface area contributed by atoms with Gasteiger partial charge in [-0.05, 0) is 41.0 Å². The van der Waals surface area contributed by atoms with Crippen molar-refractivity contribution < 1.29 is 14.6 Å². The summed E-state index contributed by atoms with van der Waals surface area (Å²) in [7, 11) is 0. The second-order valence-corrected chi connectivity index (χ2v) is 6.94. The van der Waals surface area contributed by atoms with Crippen LogP contribution in [-0.2, 0) is 4.79 Å². The zero-order chi connectivity index (χ0) is 17.7. The molecule has 0 bridgehead atoms. The summed E-state index contributed by atoms with van der Waals surface area (Å²) in [4.78, 5) is 12.8. The number of hydrogen-bond donors (Lipinski definition) is 1. The molecule has 0 fully saturated rings. The number of phenolic OH excluding ortho intramolecular Hbond substituents is 1. The molecule has 0 saturated carbocycles. The normalized spacial score (nSPS) is 19.1. The molecule has 3 nitrogen and oxygen atoms in total. The lowest BCUT2D eigenvalue weighted by Gasteiger charge is -2.33. The lowest BCUT2D eigenvalue weighted by molar-refractivity contribution is -0.116. The molecule has 128 valence electrons. The number of rotatable bonds is 1. The maximum Gasteiger partial charge on any atom is 0.163 e. The number of aromatic hydroxyl groups is 1. The topological polar surface area (TPSA) is 46.5 Å². The van der Waals surface area contributed by atoms with Gasteiger partial charge >= 0.3 is 0 Å². The van der Waals surface area contributed by atoms with Crippen LogP contribution in [0.15, 0.2) is 72.0 Å². The van der Waals surface area contributed by atoms with Crippen LogP contribution < -0.4 is 4.74 Å². The second kappa shape index (κ2) is 5.73. The van der Waals surface area contributed by atoms with Gasteiger partial charge in [0.15, 0.2) is 5.78 Å². The van der Waals surface area contributed by atoms with Crippen molar-refractivity contribution in [1.29, 1.82) is 0 Å². The molecule has 1 heterocycles. The van der Waals surface area contributed by atoms with E-state index in [1.165, 1.54) is 0 Å². The van der Waals surface area contributed by atoms with Gasteiger partial charge in [-0.1, -0.05) is 42.5 Å². The third-order valence-corrected chi connectivity index (χ3v) is 5.35. The van der Waals surface area contributed by atoms with Crippen LogP contribution >= 0.6 is 0 Å². The predicted octanol–water partition coefficient (Wildman–Crippen LogP) is 5.08. The van der Waals surface area contributed by atoms with Gasteiger partial charge in [0, 0.05) is 29.9 Å². The maximum absolute atomic E-state index is 12.8. The molecule has 26 heavy (non-hydrogen) atoms. The summed E-state index contributed by atoms with van der Waals surface area (Å²) >= 11 is 0. The first-order chi connectivity index (χ1) is 12.7. The lowest BCUT2D eigenvalue weighted by atomic mass is 9.75. The van der Waals surface area contributed by atoms with Crippen LogP contribution in [0.3, 0.4) is 0 Å². The first-order valence-electron chi connectivity index (χ1n) is 8.97. The van der Waals surface area contributed by atoms with Gasteiger partial charge in [0.25, 0.3) is 0 Å². The second-order valence-electron chi connectivity index (χ2n) is 6.94. The molecule has 0 radical (unpaired) electrons. The molecule has 0 saturated heterocycles. The summed E-state index contributed by atoms with van der Waals surface area (Å²) in [6.45, 7) is 0. The number of allylic oxidation sites excluding steroid dienone is 2. The Morgan fingerprint density at radius 3 is 2.73 bits per heavy atom. The van der Waals surface area contributed by atoms with E-state index in [9.17, 15) is 9.90 Å². The van der Waals surface area contributed by atoms with Crippen LogP contribution in [-0.4, -0.2) is 10.9 Å². The van der Waals surface area contributed by atoms with Crippen molar-refractivity contribution in [2.24, 2.45) is 0 Å². The van der Waals surface area contributed by atoms with Gasteiger partial charge in [0.1, 0.15) is 17.3 Å². The number of hydrogen-bond acceptors (Lipinski definition) is 3. The van der Waals surface area contributed by atoms with Crippen molar-refractivity contribution in [1.82, 2.24) is 0 Å². The Hall–Kier alpha value is -3.07. The summed E-state index contributed by atoms with van der Waals surface area (Å²) in [6, 6.07) is 19.5. The molecule has 1 unspecified atom stereocenters. The third-order valence-electron chi connectivity index (χ3n) is 5.35. The quantitative estimate of drug-likeness (QED) is 0.671. The summed E-state index contributed by atoms with van der Waals surface area (Å²) in [5.41, 5.74) is 2.70. The van der Waals surface area contributed by atoms with Gasteiger partial charge in [-0.2, -0.15) is 0 Å². The number of benzene rings is 3. The number of phenols is 1. The van der Waals surface area contributed by atoms with Crippen molar-refractivity contribution in [2.45, 2.75) is 25.2 Å². The standard InChI is InChI=1S/C23H18O3/c24-16-7-3-6-15(13-16)21-22-17-8-2-1-5-14(17)11-12-20(22)26-19-10-4-9-18(25)23(19)21/h1-3,5-8,11-13,21,24H,4,9-10H2. The molecule has 3 aromatic carbocycles. The van der Waals surface area contributed by atoms with Gasteiger partial charge in [-0.15, -0.1) is 0 Å². The fraction of sp³-hybridized carbons (Fsp3) is 0.174. The molecule has 0 aromatic heterocycles. The van der Waals surface area contributed by atoms with Crippen molar-refractivity contribution in [3.8, 4) is 11.5 Å². The zero-order valence-electron chi connectivity index (χ0n) is 14.2. The Morgan fingerprint density at radius 2 is 1.85 bits per heavy atom. The van der Waals surface area contributed by atoms with Crippen LogP contribution in [0.4, 0.5) is 0 Å². The van der Waals surface area contributed by atoms with Gasteiger partial charge in [-0.25, -0.2) is 0 Å². The van der Waals surface area contributed by atoms with E-state index in [1.54, 1.807) is 12.1 Å². The first kappa shape index (κ1) is 15.2. The smallest absolute Gasteiger partial charge is 0.163 e. The molecule has 2 aliphatic rings. The SMILES string of the molecule is O=C1CCCC2=C1C(c1cccc(O)c1)c1c(ccc3ccccc13)O2. The molecule has 0 spiro atoms. The lowest BCUT2D eigenvalue weighted by Crippen LogP contribution is -2.25. The average Bonchev–Trinajstić information content (AvgIpc) is 2.66. The first-order valence-corrected chi connectivity index (χ1v) is 8.97. The van der Waals surface area contributed by atoms with Crippen LogP contribution in [0, 0.1) is 0 Å². The number of carbonyl (C=O) groups is 1. The zero-order valence-corrected chi connectivity index (χ0v) is 14.2. The van der Waals surface area contributed by atoms with Crippen molar-refractivity contribution in [3.05, 3.63) is 83.1 Å². The minimum Gasteiger partial charge on any atom is -0.508 e. The Kier molecular flexibility index (Phi) is 3.35. The molecule has 1 aliphatic heterocycles. The number of ether oxygens (including phenoxy) is 1. The summed E-state index contributed by atoms with van der Waals surface area (Å²) in [6.07, 6.45) is 2.16. The Bertz CT molecular complexity index is 1080. The van der Waals surface area contributed by atoms with Crippen LogP contribution in [0.25, 0.3) is 10.8 Å². The summed E-state index contributed by atoms with van der Waals surface area (Å²) < 4.78 is 6.19. The molecule has 1 aliphatic carbocycles. The van der Waals surface area contributed by atoms with Crippen molar-refractivity contribution >= 4 is 16.6 Å². The molecule has 1 atom stereocenters. The number of carbonyl (C=O) groups excluding carboxylic acids is 1. The minimum absolute atomic E-state index is 0.151. The predicted molar refractivity (Wildman–Crippen MR) is 100 cm³/mol. The van der Waals surface area contributed by atoms with Gasteiger partial charge in [0.05, 0.1) is 0 Å². The maximum atomic E-state index is 12.8. The number of Topliss-reactive ketones (excluding diaryl/α,β-unsaturated/α-hetero) is 1. The largest absolute Gasteiger partial charge is 0.508 e. The number of ketones is 1. The minimum atomic E-state index is -0.209. The molecular weight excluding hydrogens is 324 g/mol. The highest BCUT2D eigenvalue weighted by atomic mass is 16.5. The Labute approximate surface area is 151 Å². The van der Waals surface area contributed by atoms with Gasteiger partial charge in [0.2, 0.25) is 0 Å². The van der Waals surface area contributed by atoms with Crippen LogP contribution in [0.5, 0.6) is 11.5 Å². The van der Waals surface area contributed by atoms with E-state index in [2.05, 4.69) is 18.2 Å². The van der Waals surface area contributed by atoms with E-state index in [1.807, 2.05) is 30.3 Å². The molecule has 0 amide bonds. The molecule has 1 N–H and O–H groups in total. The molecule has 3 aromatic rings. The third kappa shape index (κ3) is 2.24. The monoisotopic (exact) mass is 342 g/mol. The highest BCUT2D eigenvalue weighted by molar-refractivity contribution is 6.01. The van der Waals surface area contributed by atoms with Crippen LogP contribution in [0.1, 0.15) is 36.3 Å². The Balaban J connectivity index is 1.85. The molecule has 5 rings (SSSR count). The van der Waals surface area contributed by atoms with Gasteiger partial charge in [-0.3, -0.25) is 4.79 Å². The highest BCUT2D eigenvalue weighted by Gasteiger charge is 2.37. The fourth-order valence-corrected chi connectivity index (χ4v) is 4.24. The Morgan fingerprint density at radius 1 is 0.962 bits per heavy atom. The van der Waals surface area contributed by atoms with E-state index in [0.717, 1.165) is 51.8 Å². The average molecular weight is 342 g/mol. The molecule has 3 heteroatoms. The van der Waals surface area contributed by atoms with Crippen LogP contribution in [0.2, 0.25) is 0 Å². The summed E-state index contributed by atoms with van der Waals surface area (Å²) in [5, 5.41) is 12.2. The van der Waals surface area contributed by atoms with E-state index >= 15 is 0 Å². The fourth-order valence-electron chi connectivity index (χ4n) is 4.24. The van der Waals surface area contributed by atoms with E-state index < -0.39 is 0 Å². The molecular formula is C23H18O3. The van der Waals surface area contributed by atoms with E-state index in [4.69, 9.17) is 4.74 Å².